The second-order valence-corrected chi connectivity index (χ2v) is 4.59. The minimum atomic E-state index is 0.270. The minimum Gasteiger partial charge on any atom is -0.310 e. The molecule has 0 amide bonds. The molecule has 0 saturated heterocycles. The molecule has 5 heteroatoms. The van der Waals surface area contributed by atoms with E-state index in [1.807, 2.05) is 36.3 Å². The zero-order valence-electron chi connectivity index (χ0n) is 9.77. The van der Waals surface area contributed by atoms with Gasteiger partial charge in [-0.1, -0.05) is 13.0 Å². The summed E-state index contributed by atoms with van der Waals surface area (Å²) in [4.78, 5) is 5.71. The van der Waals surface area contributed by atoms with Gasteiger partial charge in [-0.15, -0.1) is 11.3 Å². The molecule has 2 aromatic rings. The van der Waals surface area contributed by atoms with Crippen LogP contribution in [0.4, 0.5) is 0 Å². The summed E-state index contributed by atoms with van der Waals surface area (Å²) in [7, 11) is 3.90. The van der Waals surface area contributed by atoms with Crippen molar-refractivity contribution in [2.24, 2.45) is 7.05 Å². The predicted octanol–water partition coefficient (Wildman–Crippen LogP) is 2.21. The van der Waals surface area contributed by atoms with Gasteiger partial charge in [-0.25, -0.2) is 4.98 Å². The average Bonchev–Trinajstić information content (AvgIpc) is 2.90. The number of nitrogens with zero attached hydrogens (tertiary/aromatic N) is 3. The Kier molecular flexibility index (Phi) is 3.36. The highest BCUT2D eigenvalue weighted by Gasteiger charge is 2.16. The fourth-order valence-electron chi connectivity index (χ4n) is 1.73. The molecule has 2 heterocycles. The van der Waals surface area contributed by atoms with Crippen molar-refractivity contribution in [2.75, 3.05) is 7.05 Å². The molecule has 0 aromatic carbocycles. The van der Waals surface area contributed by atoms with Crippen LogP contribution in [-0.2, 0) is 7.05 Å². The SMILES string of the molecule is CCC(NC)c1nc(-c2cccs2)nn1C. The lowest BCUT2D eigenvalue weighted by Gasteiger charge is -2.11. The highest BCUT2D eigenvalue weighted by molar-refractivity contribution is 7.13. The standard InChI is InChI=1S/C11H16N4S/c1-4-8(12-2)11-13-10(14-15(11)3)9-6-5-7-16-9/h5-8,12H,4H2,1-3H3. The molecule has 0 radical (unpaired) electrons. The molecule has 16 heavy (non-hydrogen) atoms. The Morgan fingerprint density at radius 2 is 2.38 bits per heavy atom. The molecule has 4 nitrogen and oxygen atoms in total. The van der Waals surface area contributed by atoms with Crippen molar-refractivity contribution in [1.82, 2.24) is 20.1 Å². The van der Waals surface area contributed by atoms with E-state index in [2.05, 4.69) is 22.3 Å². The molecule has 0 aliphatic carbocycles. The first-order chi connectivity index (χ1) is 7.76. The Bertz CT molecular complexity index is 443. The molecule has 2 rings (SSSR count). The molecule has 0 bridgehead atoms. The van der Waals surface area contributed by atoms with Gasteiger partial charge in [0.1, 0.15) is 5.82 Å². The van der Waals surface area contributed by atoms with Gasteiger partial charge in [0.2, 0.25) is 0 Å². The van der Waals surface area contributed by atoms with Crippen LogP contribution in [0.1, 0.15) is 25.2 Å². The van der Waals surface area contributed by atoms with Crippen molar-refractivity contribution in [2.45, 2.75) is 19.4 Å². The number of rotatable bonds is 4. The van der Waals surface area contributed by atoms with Crippen molar-refractivity contribution in [1.29, 1.82) is 0 Å². The lowest BCUT2D eigenvalue weighted by atomic mass is 10.2. The third-order valence-electron chi connectivity index (χ3n) is 2.61. The van der Waals surface area contributed by atoms with Crippen LogP contribution in [0.2, 0.25) is 0 Å². The van der Waals surface area contributed by atoms with Crippen LogP contribution < -0.4 is 5.32 Å². The van der Waals surface area contributed by atoms with Crippen molar-refractivity contribution < 1.29 is 0 Å². The smallest absolute Gasteiger partial charge is 0.191 e. The normalized spacial score (nSPS) is 12.9. The molecule has 2 aromatic heterocycles. The van der Waals surface area contributed by atoms with Crippen LogP contribution in [0.25, 0.3) is 10.7 Å². The second kappa shape index (κ2) is 4.76. The van der Waals surface area contributed by atoms with Crippen LogP contribution in [0.5, 0.6) is 0 Å². The fourth-order valence-corrected chi connectivity index (χ4v) is 2.38. The first kappa shape index (κ1) is 11.3. The maximum atomic E-state index is 4.59. The molecule has 0 fully saturated rings. The van der Waals surface area contributed by atoms with E-state index >= 15 is 0 Å². The van der Waals surface area contributed by atoms with Crippen molar-refractivity contribution in [3.8, 4) is 10.7 Å². The molecule has 86 valence electrons. The van der Waals surface area contributed by atoms with Gasteiger partial charge < -0.3 is 5.32 Å². The Hall–Kier alpha value is -1.20. The van der Waals surface area contributed by atoms with E-state index in [9.17, 15) is 0 Å². The van der Waals surface area contributed by atoms with Crippen LogP contribution in [0, 0.1) is 0 Å². The van der Waals surface area contributed by atoms with E-state index in [1.165, 1.54) is 0 Å². The van der Waals surface area contributed by atoms with E-state index in [4.69, 9.17) is 0 Å². The molecular weight excluding hydrogens is 220 g/mol. The van der Waals surface area contributed by atoms with Crippen LogP contribution >= 0.6 is 11.3 Å². The van der Waals surface area contributed by atoms with Crippen molar-refractivity contribution >= 4 is 11.3 Å². The summed E-state index contributed by atoms with van der Waals surface area (Å²) in [5.41, 5.74) is 0. The lowest BCUT2D eigenvalue weighted by Crippen LogP contribution is -2.19. The highest BCUT2D eigenvalue weighted by Crippen LogP contribution is 2.23. The molecular formula is C11H16N4S. The molecule has 0 spiro atoms. The Labute approximate surface area is 99.3 Å². The van der Waals surface area contributed by atoms with Gasteiger partial charge in [-0.2, -0.15) is 5.10 Å². The Balaban J connectivity index is 2.35. The molecule has 0 saturated carbocycles. The zero-order valence-corrected chi connectivity index (χ0v) is 10.6. The highest BCUT2D eigenvalue weighted by atomic mass is 32.1. The Morgan fingerprint density at radius 1 is 1.56 bits per heavy atom. The van der Waals surface area contributed by atoms with E-state index in [0.717, 1.165) is 22.9 Å². The van der Waals surface area contributed by atoms with Gasteiger partial charge in [0.15, 0.2) is 5.82 Å². The quantitative estimate of drug-likeness (QED) is 0.885. The minimum absolute atomic E-state index is 0.270. The van der Waals surface area contributed by atoms with Gasteiger partial charge in [0.25, 0.3) is 0 Å². The van der Waals surface area contributed by atoms with Crippen molar-refractivity contribution in [3.63, 3.8) is 0 Å². The average molecular weight is 236 g/mol. The Morgan fingerprint density at radius 3 is 2.94 bits per heavy atom. The maximum Gasteiger partial charge on any atom is 0.191 e. The lowest BCUT2D eigenvalue weighted by molar-refractivity contribution is 0.513. The first-order valence-corrected chi connectivity index (χ1v) is 6.26. The zero-order chi connectivity index (χ0) is 11.5. The largest absolute Gasteiger partial charge is 0.310 e. The molecule has 0 aliphatic heterocycles. The number of aryl methyl sites for hydroxylation is 1. The molecule has 1 N–H and O–H groups in total. The van der Waals surface area contributed by atoms with Gasteiger partial charge in [-0.05, 0) is 24.9 Å². The number of thiophene rings is 1. The third kappa shape index (κ3) is 2.01. The van der Waals surface area contributed by atoms with Crippen LogP contribution in [0.3, 0.4) is 0 Å². The maximum absolute atomic E-state index is 4.59. The monoisotopic (exact) mass is 236 g/mol. The number of aromatic nitrogens is 3. The van der Waals surface area contributed by atoms with Crippen molar-refractivity contribution in [3.05, 3.63) is 23.3 Å². The van der Waals surface area contributed by atoms with Gasteiger partial charge in [-0.3, -0.25) is 4.68 Å². The summed E-state index contributed by atoms with van der Waals surface area (Å²) >= 11 is 1.67. The van der Waals surface area contributed by atoms with Gasteiger partial charge >= 0.3 is 0 Å². The fraction of sp³-hybridized carbons (Fsp3) is 0.455. The van der Waals surface area contributed by atoms with E-state index in [1.54, 1.807) is 11.3 Å². The summed E-state index contributed by atoms with van der Waals surface area (Å²) in [6.07, 6.45) is 1.01. The third-order valence-corrected chi connectivity index (χ3v) is 3.47. The summed E-state index contributed by atoms with van der Waals surface area (Å²) in [6.45, 7) is 2.14. The summed E-state index contributed by atoms with van der Waals surface area (Å²) in [6, 6.07) is 4.33. The van der Waals surface area contributed by atoms with Gasteiger partial charge in [0.05, 0.1) is 10.9 Å². The number of hydrogen-bond acceptors (Lipinski definition) is 4. The topological polar surface area (TPSA) is 42.7 Å². The van der Waals surface area contributed by atoms with E-state index in [0.29, 0.717) is 0 Å². The molecule has 1 atom stereocenters. The van der Waals surface area contributed by atoms with Crippen LogP contribution in [-0.4, -0.2) is 21.8 Å². The predicted molar refractivity (Wildman–Crippen MR) is 66.4 cm³/mol. The van der Waals surface area contributed by atoms with Gasteiger partial charge in [0, 0.05) is 7.05 Å². The summed E-state index contributed by atoms with van der Waals surface area (Å²) in [5, 5.41) is 9.74. The van der Waals surface area contributed by atoms with Crippen LogP contribution in [0.15, 0.2) is 17.5 Å². The number of nitrogens with one attached hydrogen (secondary N) is 1. The molecule has 1 unspecified atom stereocenters. The van der Waals surface area contributed by atoms with E-state index in [-0.39, 0.29) is 6.04 Å². The molecule has 0 aliphatic rings. The number of hydrogen-bond donors (Lipinski definition) is 1. The summed E-state index contributed by atoms with van der Waals surface area (Å²) in [5.74, 6) is 1.81. The second-order valence-electron chi connectivity index (χ2n) is 3.64. The van der Waals surface area contributed by atoms with E-state index < -0.39 is 0 Å². The first-order valence-electron chi connectivity index (χ1n) is 5.38. The summed E-state index contributed by atoms with van der Waals surface area (Å²) < 4.78 is 1.86.